The van der Waals surface area contributed by atoms with Crippen LogP contribution in [0.1, 0.15) is 11.1 Å². The molecule has 12 heavy (non-hydrogen) atoms. The number of rotatable bonds is 1. The zero-order valence-electron chi connectivity index (χ0n) is 6.01. The number of aliphatic hydroxyl groups excluding tert-OH is 1. The normalized spacial score (nSPS) is 9.50. The fraction of sp³-hybridized carbons (Fsp3) is 0.125. The van der Waals surface area contributed by atoms with Crippen LogP contribution in [0.3, 0.4) is 0 Å². The summed E-state index contributed by atoms with van der Waals surface area (Å²) in [6, 6.07) is 4.92. The third kappa shape index (κ3) is 1.70. The number of hydrogen-bond donors (Lipinski definition) is 1. The largest absolute Gasteiger partial charge is 0.392 e. The van der Waals surface area contributed by atoms with Gasteiger partial charge >= 0.3 is 0 Å². The molecule has 1 aromatic carbocycles. The van der Waals surface area contributed by atoms with E-state index < -0.39 is 0 Å². The molecule has 0 atom stereocenters. The molecule has 0 radical (unpaired) electrons. The molecule has 4 heteroatoms. The Morgan fingerprint density at radius 2 is 2.08 bits per heavy atom. The van der Waals surface area contributed by atoms with Crippen LogP contribution in [-0.2, 0) is 6.61 Å². The maximum atomic E-state index is 8.76. The molecule has 0 aliphatic rings. The highest BCUT2D eigenvalue weighted by Gasteiger charge is 2.05. The fourth-order valence-electron chi connectivity index (χ4n) is 0.818. The molecule has 0 heterocycles. The van der Waals surface area contributed by atoms with E-state index in [2.05, 4.69) is 0 Å². The summed E-state index contributed by atoms with van der Waals surface area (Å²) in [6.07, 6.45) is 0. The molecule has 1 aromatic rings. The molecular weight excluding hydrogens is 197 g/mol. The first-order valence-corrected chi connectivity index (χ1v) is 3.93. The molecular formula is C8H5Cl2NO. The minimum absolute atomic E-state index is 0.147. The number of nitrogens with zero attached hydrogens (tertiary/aromatic N) is 1. The Bertz CT molecular complexity index is 344. The number of aliphatic hydroxyl groups is 1. The Morgan fingerprint density at radius 3 is 2.58 bits per heavy atom. The summed E-state index contributed by atoms with van der Waals surface area (Å²) in [6.45, 7) is -0.147. The van der Waals surface area contributed by atoms with Crippen molar-refractivity contribution < 1.29 is 5.11 Å². The molecule has 0 bridgehead atoms. The molecule has 62 valence electrons. The van der Waals surface area contributed by atoms with Crippen LogP contribution in [0.2, 0.25) is 10.0 Å². The Kier molecular flexibility index (Phi) is 2.93. The van der Waals surface area contributed by atoms with Gasteiger partial charge in [0, 0.05) is 0 Å². The van der Waals surface area contributed by atoms with Crippen LogP contribution in [0, 0.1) is 11.3 Å². The van der Waals surface area contributed by atoms with Gasteiger partial charge in [0.25, 0.3) is 0 Å². The first-order valence-electron chi connectivity index (χ1n) is 3.18. The van der Waals surface area contributed by atoms with Crippen LogP contribution >= 0.6 is 23.2 Å². The summed E-state index contributed by atoms with van der Waals surface area (Å²) in [5.41, 5.74) is 0.870. The number of halogens is 2. The summed E-state index contributed by atoms with van der Waals surface area (Å²) in [5, 5.41) is 17.9. The topological polar surface area (TPSA) is 44.0 Å². The highest BCUT2D eigenvalue weighted by atomic mass is 35.5. The van der Waals surface area contributed by atoms with Gasteiger partial charge in [-0.05, 0) is 17.7 Å². The van der Waals surface area contributed by atoms with Crippen molar-refractivity contribution in [2.24, 2.45) is 0 Å². The van der Waals surface area contributed by atoms with Crippen LogP contribution in [0.5, 0.6) is 0 Å². The Hall–Kier alpha value is -0.750. The van der Waals surface area contributed by atoms with Gasteiger partial charge in [-0.2, -0.15) is 5.26 Å². The predicted molar refractivity (Wildman–Crippen MR) is 47.1 cm³/mol. The van der Waals surface area contributed by atoms with E-state index in [0.717, 1.165) is 0 Å². The van der Waals surface area contributed by atoms with Crippen LogP contribution in [0.15, 0.2) is 12.1 Å². The predicted octanol–water partition coefficient (Wildman–Crippen LogP) is 2.36. The lowest BCUT2D eigenvalue weighted by atomic mass is 10.1. The summed E-state index contributed by atoms with van der Waals surface area (Å²) >= 11 is 11.4. The number of hydrogen-bond acceptors (Lipinski definition) is 2. The summed E-state index contributed by atoms with van der Waals surface area (Å²) in [4.78, 5) is 0. The molecule has 0 aliphatic heterocycles. The third-order valence-electron chi connectivity index (χ3n) is 1.39. The van der Waals surface area contributed by atoms with Crippen LogP contribution < -0.4 is 0 Å². The van der Waals surface area contributed by atoms with Crippen LogP contribution in [0.4, 0.5) is 0 Å². The van der Waals surface area contributed by atoms with Crippen molar-refractivity contribution in [1.82, 2.24) is 0 Å². The molecule has 0 spiro atoms. The van der Waals surface area contributed by atoms with Crippen molar-refractivity contribution in [2.45, 2.75) is 6.61 Å². The minimum atomic E-state index is -0.147. The number of benzene rings is 1. The van der Waals surface area contributed by atoms with Gasteiger partial charge in [0.2, 0.25) is 0 Å². The lowest BCUT2D eigenvalue weighted by Gasteiger charge is -2.01. The van der Waals surface area contributed by atoms with Gasteiger partial charge in [-0.25, -0.2) is 0 Å². The SMILES string of the molecule is N#Cc1cc(CO)cc(Cl)c1Cl. The summed E-state index contributed by atoms with van der Waals surface area (Å²) in [7, 11) is 0. The Balaban J connectivity index is 3.31. The van der Waals surface area contributed by atoms with E-state index >= 15 is 0 Å². The van der Waals surface area contributed by atoms with E-state index in [4.69, 9.17) is 33.6 Å². The van der Waals surface area contributed by atoms with E-state index in [-0.39, 0.29) is 17.2 Å². The summed E-state index contributed by atoms with van der Waals surface area (Å²) < 4.78 is 0. The van der Waals surface area contributed by atoms with Crippen LogP contribution in [-0.4, -0.2) is 5.11 Å². The first-order chi connectivity index (χ1) is 5.69. The van der Waals surface area contributed by atoms with E-state index in [1.807, 2.05) is 6.07 Å². The van der Waals surface area contributed by atoms with Gasteiger partial charge < -0.3 is 5.11 Å². The molecule has 1 rings (SSSR count). The molecule has 0 unspecified atom stereocenters. The van der Waals surface area contributed by atoms with Gasteiger partial charge in [0.1, 0.15) is 6.07 Å². The second kappa shape index (κ2) is 3.77. The van der Waals surface area contributed by atoms with Crippen molar-refractivity contribution >= 4 is 23.2 Å². The molecule has 0 saturated heterocycles. The molecule has 1 N–H and O–H groups in total. The van der Waals surface area contributed by atoms with Crippen molar-refractivity contribution in [1.29, 1.82) is 5.26 Å². The van der Waals surface area contributed by atoms with Gasteiger partial charge in [0.15, 0.2) is 0 Å². The van der Waals surface area contributed by atoms with Crippen LogP contribution in [0.25, 0.3) is 0 Å². The van der Waals surface area contributed by atoms with Crippen molar-refractivity contribution in [3.63, 3.8) is 0 Å². The quantitative estimate of drug-likeness (QED) is 0.759. The van der Waals surface area contributed by atoms with Gasteiger partial charge in [-0.3, -0.25) is 0 Å². The van der Waals surface area contributed by atoms with Crippen molar-refractivity contribution in [3.05, 3.63) is 33.3 Å². The highest BCUT2D eigenvalue weighted by molar-refractivity contribution is 6.42. The molecule has 0 saturated carbocycles. The summed E-state index contributed by atoms with van der Waals surface area (Å²) in [5.74, 6) is 0. The zero-order valence-corrected chi connectivity index (χ0v) is 7.52. The van der Waals surface area contributed by atoms with E-state index in [9.17, 15) is 0 Å². The van der Waals surface area contributed by atoms with E-state index in [1.165, 1.54) is 12.1 Å². The molecule has 0 aromatic heterocycles. The first kappa shape index (κ1) is 9.34. The average molecular weight is 202 g/mol. The molecule has 0 amide bonds. The lowest BCUT2D eigenvalue weighted by Crippen LogP contribution is -1.86. The van der Waals surface area contributed by atoms with Gasteiger partial charge in [0.05, 0.1) is 22.2 Å². The Labute approximate surface area is 80.0 Å². The smallest absolute Gasteiger partial charge is 0.101 e. The van der Waals surface area contributed by atoms with E-state index in [0.29, 0.717) is 10.6 Å². The lowest BCUT2D eigenvalue weighted by molar-refractivity contribution is 0.282. The maximum Gasteiger partial charge on any atom is 0.101 e. The van der Waals surface area contributed by atoms with Gasteiger partial charge in [-0.15, -0.1) is 0 Å². The molecule has 2 nitrogen and oxygen atoms in total. The van der Waals surface area contributed by atoms with Gasteiger partial charge in [-0.1, -0.05) is 23.2 Å². The maximum absolute atomic E-state index is 8.76. The standard InChI is InChI=1S/C8H5Cl2NO/c9-7-2-5(4-12)1-6(3-11)8(7)10/h1-2,12H,4H2. The minimum Gasteiger partial charge on any atom is -0.392 e. The average Bonchev–Trinajstić information content (AvgIpc) is 2.09. The Morgan fingerprint density at radius 1 is 1.42 bits per heavy atom. The third-order valence-corrected chi connectivity index (χ3v) is 2.19. The molecule has 0 fully saturated rings. The second-order valence-electron chi connectivity index (χ2n) is 2.21. The monoisotopic (exact) mass is 201 g/mol. The van der Waals surface area contributed by atoms with Crippen molar-refractivity contribution in [3.8, 4) is 6.07 Å². The van der Waals surface area contributed by atoms with E-state index in [1.54, 1.807) is 0 Å². The molecule has 0 aliphatic carbocycles. The second-order valence-corrected chi connectivity index (χ2v) is 2.99. The van der Waals surface area contributed by atoms with Crippen molar-refractivity contribution in [2.75, 3.05) is 0 Å². The zero-order chi connectivity index (χ0) is 9.14. The number of nitriles is 1. The highest BCUT2D eigenvalue weighted by Crippen LogP contribution is 2.26. The fourth-order valence-corrected chi connectivity index (χ4v) is 1.21.